The Hall–Kier alpha value is -3.03. The molecule has 0 bridgehead atoms. The van der Waals surface area contributed by atoms with Crippen molar-refractivity contribution in [3.63, 3.8) is 0 Å². The molecule has 0 aliphatic heterocycles. The van der Waals surface area contributed by atoms with E-state index in [1.807, 2.05) is 0 Å². The molecule has 1 amide bonds. The largest absolute Gasteiger partial charge is 0.396 e. The predicted octanol–water partition coefficient (Wildman–Crippen LogP) is 2.80. The quantitative estimate of drug-likeness (QED) is 0.622. The first kappa shape index (κ1) is 19.7. The number of hydrogen-bond donors (Lipinski definition) is 2. The van der Waals surface area contributed by atoms with Gasteiger partial charge in [-0.2, -0.15) is 9.78 Å². The number of aromatic nitrogens is 2. The van der Waals surface area contributed by atoms with Crippen molar-refractivity contribution in [1.29, 1.82) is 0 Å². The van der Waals surface area contributed by atoms with Gasteiger partial charge in [0, 0.05) is 23.7 Å². The van der Waals surface area contributed by atoms with Crippen LogP contribution in [0, 0.1) is 5.82 Å². The molecule has 3 rings (SSSR count). The summed E-state index contributed by atoms with van der Waals surface area (Å²) in [4.78, 5) is 25.3. The number of rotatable bonds is 6. The minimum Gasteiger partial charge on any atom is -0.396 e. The summed E-state index contributed by atoms with van der Waals surface area (Å²) in [6.45, 7) is 0.132. The number of carbonyl (C=O) groups excluding carboxylic acids is 1. The number of hydrogen-bond acceptors (Lipinski definition) is 4. The minimum atomic E-state index is -0.676. The van der Waals surface area contributed by atoms with Gasteiger partial charge in [0.25, 0.3) is 11.5 Å². The van der Waals surface area contributed by atoms with E-state index in [0.717, 1.165) is 10.7 Å². The Morgan fingerprint density at radius 1 is 1.18 bits per heavy atom. The zero-order valence-electron chi connectivity index (χ0n) is 14.7. The summed E-state index contributed by atoms with van der Waals surface area (Å²) in [7, 11) is 0. The van der Waals surface area contributed by atoms with Gasteiger partial charge in [-0.3, -0.25) is 9.59 Å². The molecule has 0 spiro atoms. The van der Waals surface area contributed by atoms with Gasteiger partial charge >= 0.3 is 0 Å². The molecule has 6 nitrogen and oxygen atoms in total. The van der Waals surface area contributed by atoms with E-state index in [2.05, 4.69) is 10.4 Å². The van der Waals surface area contributed by atoms with Crippen molar-refractivity contribution in [2.24, 2.45) is 0 Å². The fraction of sp³-hybridized carbons (Fsp3) is 0.150. The Morgan fingerprint density at radius 3 is 2.61 bits per heavy atom. The zero-order valence-corrected chi connectivity index (χ0v) is 15.5. The Balaban J connectivity index is 2.14. The smallest absolute Gasteiger partial charge is 0.284 e. The van der Waals surface area contributed by atoms with Crippen LogP contribution < -0.4 is 10.9 Å². The van der Waals surface area contributed by atoms with Crippen molar-refractivity contribution in [1.82, 2.24) is 15.1 Å². The minimum absolute atomic E-state index is 0.0832. The number of nitrogens with zero attached hydrogens (tertiary/aromatic N) is 2. The molecule has 0 radical (unpaired) electrons. The highest BCUT2D eigenvalue weighted by Gasteiger charge is 2.17. The van der Waals surface area contributed by atoms with E-state index >= 15 is 0 Å². The summed E-state index contributed by atoms with van der Waals surface area (Å²) in [6.07, 6.45) is 0.360. The Labute approximate surface area is 165 Å². The van der Waals surface area contributed by atoms with Crippen molar-refractivity contribution in [2.45, 2.75) is 6.42 Å². The number of carbonyl (C=O) groups is 1. The third-order valence-corrected chi connectivity index (χ3v) is 4.22. The van der Waals surface area contributed by atoms with Crippen LogP contribution in [0.15, 0.2) is 59.4 Å². The van der Waals surface area contributed by atoms with E-state index in [4.69, 9.17) is 16.7 Å². The molecule has 144 valence electrons. The molecule has 0 atom stereocenters. The van der Waals surface area contributed by atoms with Crippen LogP contribution in [-0.2, 0) is 0 Å². The Kier molecular flexibility index (Phi) is 6.18. The second kappa shape index (κ2) is 8.77. The molecule has 0 saturated heterocycles. The van der Waals surface area contributed by atoms with Crippen LogP contribution in [0.5, 0.6) is 0 Å². The van der Waals surface area contributed by atoms with Gasteiger partial charge in [-0.25, -0.2) is 4.39 Å². The molecule has 1 aromatic heterocycles. The monoisotopic (exact) mass is 401 g/mol. The van der Waals surface area contributed by atoms with E-state index in [1.165, 1.54) is 24.3 Å². The van der Waals surface area contributed by atoms with Gasteiger partial charge in [-0.1, -0.05) is 29.8 Å². The van der Waals surface area contributed by atoms with Gasteiger partial charge in [0.1, 0.15) is 11.4 Å². The molecule has 0 saturated carbocycles. The molecule has 1 heterocycles. The van der Waals surface area contributed by atoms with Crippen LogP contribution in [0.4, 0.5) is 4.39 Å². The maximum absolute atomic E-state index is 13.7. The standard InChI is InChI=1S/C20H17ClFN3O3/c21-14-7-5-13(6-8-14)18-12-17(19(27)23-9-2-10-26)20(28)25(24-18)16-4-1-3-15(22)11-16/h1,3-8,11-12,26H,2,9-10H2,(H,23,27). The summed E-state index contributed by atoms with van der Waals surface area (Å²) in [5, 5.41) is 16.3. The van der Waals surface area contributed by atoms with Crippen molar-refractivity contribution < 1.29 is 14.3 Å². The molecular formula is C20H17ClFN3O3. The fourth-order valence-corrected chi connectivity index (χ4v) is 2.70. The molecule has 3 aromatic rings. The lowest BCUT2D eigenvalue weighted by molar-refractivity contribution is 0.0949. The molecule has 0 aliphatic carbocycles. The van der Waals surface area contributed by atoms with Crippen molar-refractivity contribution in [3.8, 4) is 16.9 Å². The first-order valence-corrected chi connectivity index (χ1v) is 8.92. The third-order valence-electron chi connectivity index (χ3n) is 3.97. The lowest BCUT2D eigenvalue weighted by atomic mass is 10.1. The molecule has 0 unspecified atom stereocenters. The molecular weight excluding hydrogens is 385 g/mol. The number of benzene rings is 2. The second-order valence-corrected chi connectivity index (χ2v) is 6.42. The van der Waals surface area contributed by atoms with Crippen molar-refractivity contribution in [3.05, 3.63) is 81.4 Å². The average Bonchev–Trinajstić information content (AvgIpc) is 2.69. The number of halogens is 2. The predicted molar refractivity (Wildman–Crippen MR) is 104 cm³/mol. The van der Waals surface area contributed by atoms with Crippen molar-refractivity contribution in [2.75, 3.05) is 13.2 Å². The first-order valence-electron chi connectivity index (χ1n) is 8.55. The van der Waals surface area contributed by atoms with Gasteiger partial charge in [0.05, 0.1) is 11.4 Å². The highest BCUT2D eigenvalue weighted by Crippen LogP contribution is 2.20. The molecule has 2 N–H and O–H groups in total. The van der Waals surface area contributed by atoms with Gasteiger partial charge in [0.2, 0.25) is 0 Å². The molecule has 8 heteroatoms. The summed E-state index contributed by atoms with van der Waals surface area (Å²) >= 11 is 5.92. The summed E-state index contributed by atoms with van der Waals surface area (Å²) in [6, 6.07) is 13.5. The third kappa shape index (κ3) is 4.44. The number of nitrogens with one attached hydrogen (secondary N) is 1. The zero-order chi connectivity index (χ0) is 20.1. The summed E-state index contributed by atoms with van der Waals surface area (Å²) in [5.74, 6) is -1.13. The average molecular weight is 402 g/mol. The van der Waals surface area contributed by atoms with Gasteiger partial charge in [-0.05, 0) is 42.8 Å². The Bertz CT molecular complexity index is 1050. The van der Waals surface area contributed by atoms with Crippen LogP contribution in [0.3, 0.4) is 0 Å². The number of amides is 1. The number of aliphatic hydroxyl groups excluding tert-OH is 1. The van der Waals surface area contributed by atoms with E-state index in [1.54, 1.807) is 24.3 Å². The van der Waals surface area contributed by atoms with Crippen LogP contribution in [0.25, 0.3) is 16.9 Å². The highest BCUT2D eigenvalue weighted by molar-refractivity contribution is 6.30. The van der Waals surface area contributed by atoms with Crippen LogP contribution >= 0.6 is 11.6 Å². The van der Waals surface area contributed by atoms with E-state index in [9.17, 15) is 14.0 Å². The molecule has 28 heavy (non-hydrogen) atoms. The summed E-state index contributed by atoms with van der Waals surface area (Å²) < 4.78 is 14.7. The van der Waals surface area contributed by atoms with Crippen LogP contribution in [0.2, 0.25) is 5.02 Å². The first-order chi connectivity index (χ1) is 13.5. The van der Waals surface area contributed by atoms with Gasteiger partial charge in [-0.15, -0.1) is 0 Å². The lowest BCUT2D eigenvalue weighted by Gasteiger charge is -2.11. The van der Waals surface area contributed by atoms with E-state index in [0.29, 0.717) is 22.7 Å². The topological polar surface area (TPSA) is 84.2 Å². The lowest BCUT2D eigenvalue weighted by Crippen LogP contribution is -2.34. The SMILES string of the molecule is O=C(NCCCO)c1cc(-c2ccc(Cl)cc2)nn(-c2cccc(F)c2)c1=O. The van der Waals surface area contributed by atoms with E-state index in [-0.39, 0.29) is 24.4 Å². The fourth-order valence-electron chi connectivity index (χ4n) is 2.58. The molecule has 0 aliphatic rings. The van der Waals surface area contributed by atoms with E-state index < -0.39 is 17.3 Å². The van der Waals surface area contributed by atoms with Crippen LogP contribution in [-0.4, -0.2) is 33.9 Å². The molecule has 0 fully saturated rings. The number of aliphatic hydroxyl groups is 1. The normalized spacial score (nSPS) is 10.7. The van der Waals surface area contributed by atoms with Gasteiger partial charge in [0.15, 0.2) is 0 Å². The van der Waals surface area contributed by atoms with Crippen molar-refractivity contribution >= 4 is 17.5 Å². The summed E-state index contributed by atoms with van der Waals surface area (Å²) in [5.41, 5.74) is 0.379. The highest BCUT2D eigenvalue weighted by atomic mass is 35.5. The second-order valence-electron chi connectivity index (χ2n) is 5.98. The Morgan fingerprint density at radius 2 is 1.93 bits per heavy atom. The molecule has 2 aromatic carbocycles. The van der Waals surface area contributed by atoms with Crippen LogP contribution in [0.1, 0.15) is 16.8 Å². The van der Waals surface area contributed by atoms with Gasteiger partial charge < -0.3 is 10.4 Å². The maximum atomic E-state index is 13.7. The maximum Gasteiger partial charge on any atom is 0.284 e.